The zero-order chi connectivity index (χ0) is 29.4. The molecule has 1 atom stereocenters. The summed E-state index contributed by atoms with van der Waals surface area (Å²) in [6.45, 7) is 12.2. The number of thiazole rings is 1. The number of rotatable bonds is 8. The minimum absolute atomic E-state index is 0.00167. The summed E-state index contributed by atoms with van der Waals surface area (Å²) in [5, 5.41) is 26.4. The lowest BCUT2D eigenvalue weighted by molar-refractivity contribution is -0.117. The smallest absolute Gasteiger partial charge is 0.259 e. The Kier molecular flexibility index (Phi) is 8.99. The molecule has 0 bridgehead atoms. The third kappa shape index (κ3) is 6.53. The fourth-order valence-electron chi connectivity index (χ4n) is 4.97. The van der Waals surface area contributed by atoms with Gasteiger partial charge in [-0.25, -0.2) is 14.3 Å². The van der Waals surface area contributed by atoms with Gasteiger partial charge in [-0.15, -0.1) is 15.7 Å². The minimum Gasteiger partial charge on any atom is -0.390 e. The SMILES string of the molecule is CC(C)c1cc(-c2ccc3c(c2)CCOC3)cc(C(C)C)c1CC(=O)N=S(N)(=O)c1sc(C(C)(C)O)nc1CO. The first-order valence-corrected chi connectivity index (χ1v) is 15.9. The Morgan fingerprint density at radius 2 is 1.77 bits per heavy atom. The van der Waals surface area contributed by atoms with E-state index in [-0.39, 0.29) is 33.2 Å². The monoisotopic (exact) mass is 585 g/mol. The Labute approximate surface area is 240 Å². The summed E-state index contributed by atoms with van der Waals surface area (Å²) in [5.41, 5.74) is 6.41. The molecule has 1 aromatic heterocycles. The van der Waals surface area contributed by atoms with E-state index in [4.69, 9.17) is 9.88 Å². The molecule has 8 nitrogen and oxygen atoms in total. The van der Waals surface area contributed by atoms with Crippen LogP contribution in [0.25, 0.3) is 11.1 Å². The van der Waals surface area contributed by atoms with E-state index in [9.17, 15) is 19.2 Å². The van der Waals surface area contributed by atoms with Gasteiger partial charge < -0.3 is 14.9 Å². The molecular weight excluding hydrogens is 546 g/mol. The standard InChI is InChI=1S/C30H39N3O5S2/c1-17(2)23-12-22(19-7-8-21-16-38-10-9-20(21)11-19)13-24(18(3)4)25(23)14-27(35)33-40(31,37)28-26(15-34)32-29(39-28)30(5,6)36/h7-8,11-13,17-18,34,36H,9-10,14-16H2,1-6H3,(H2,31,33,35,37). The second-order valence-corrected chi connectivity index (χ2v) is 14.4. The van der Waals surface area contributed by atoms with Crippen molar-refractivity contribution in [3.05, 3.63) is 68.9 Å². The maximum atomic E-state index is 13.5. The third-order valence-electron chi connectivity index (χ3n) is 7.04. The highest BCUT2D eigenvalue weighted by molar-refractivity contribution is 7.93. The number of carbonyl (C=O) groups is 1. The molecule has 2 aromatic carbocycles. The van der Waals surface area contributed by atoms with Gasteiger partial charge in [-0.05, 0) is 71.0 Å². The van der Waals surface area contributed by atoms with Gasteiger partial charge in [0, 0.05) is 0 Å². The second-order valence-electron chi connectivity index (χ2n) is 11.4. The van der Waals surface area contributed by atoms with Crippen LogP contribution in [0.15, 0.2) is 38.9 Å². The number of aliphatic hydroxyl groups excluding tert-OH is 1. The molecule has 0 radical (unpaired) electrons. The van der Waals surface area contributed by atoms with Gasteiger partial charge in [0.15, 0.2) is 9.92 Å². The fraction of sp³-hybridized carbons (Fsp3) is 0.467. The van der Waals surface area contributed by atoms with E-state index in [0.29, 0.717) is 6.61 Å². The lowest BCUT2D eigenvalue weighted by Crippen LogP contribution is -2.17. The third-order valence-corrected chi connectivity index (χ3v) is 10.5. The van der Waals surface area contributed by atoms with Crippen molar-refractivity contribution in [3.63, 3.8) is 0 Å². The maximum Gasteiger partial charge on any atom is 0.259 e. The summed E-state index contributed by atoms with van der Waals surface area (Å²) in [4.78, 5) is 17.5. The molecule has 1 aliphatic heterocycles. The topological polar surface area (TPSA) is 135 Å². The molecule has 0 spiro atoms. The predicted molar refractivity (Wildman–Crippen MR) is 158 cm³/mol. The normalized spacial score (nSPS) is 15.3. The van der Waals surface area contributed by atoms with Gasteiger partial charge >= 0.3 is 0 Å². The van der Waals surface area contributed by atoms with Crippen LogP contribution in [0.2, 0.25) is 0 Å². The predicted octanol–water partition coefficient (Wildman–Crippen LogP) is 5.32. The number of ether oxygens (including phenoxy) is 1. The highest BCUT2D eigenvalue weighted by atomic mass is 32.2. The molecule has 4 rings (SSSR count). The van der Waals surface area contributed by atoms with E-state index >= 15 is 0 Å². The van der Waals surface area contributed by atoms with Crippen molar-refractivity contribution in [1.29, 1.82) is 0 Å². The Morgan fingerprint density at radius 1 is 1.12 bits per heavy atom. The zero-order valence-electron chi connectivity index (χ0n) is 24.0. The summed E-state index contributed by atoms with van der Waals surface area (Å²) in [7, 11) is -3.69. The van der Waals surface area contributed by atoms with E-state index in [1.54, 1.807) is 0 Å². The maximum absolute atomic E-state index is 13.5. The van der Waals surface area contributed by atoms with Crippen LogP contribution in [0.3, 0.4) is 0 Å². The van der Waals surface area contributed by atoms with Crippen molar-refractivity contribution >= 4 is 27.2 Å². The van der Waals surface area contributed by atoms with Crippen LogP contribution >= 0.6 is 11.3 Å². The molecule has 0 saturated heterocycles. The Morgan fingerprint density at radius 3 is 2.35 bits per heavy atom. The molecule has 3 aromatic rings. The summed E-state index contributed by atoms with van der Waals surface area (Å²) >= 11 is 0.896. The quantitative estimate of drug-likeness (QED) is 0.328. The number of nitrogens with zero attached hydrogens (tertiary/aromatic N) is 2. The molecule has 0 aliphatic carbocycles. The lowest BCUT2D eigenvalue weighted by Gasteiger charge is -2.22. The largest absolute Gasteiger partial charge is 0.390 e. The van der Waals surface area contributed by atoms with Crippen molar-refractivity contribution in [2.45, 2.75) is 89.2 Å². The lowest BCUT2D eigenvalue weighted by atomic mass is 9.83. The second kappa shape index (κ2) is 11.8. The van der Waals surface area contributed by atoms with Gasteiger partial charge in [-0.3, -0.25) is 4.79 Å². The van der Waals surface area contributed by atoms with Crippen molar-refractivity contribution in [2.24, 2.45) is 9.50 Å². The van der Waals surface area contributed by atoms with Gasteiger partial charge in [-0.1, -0.05) is 58.0 Å². The first-order chi connectivity index (χ1) is 18.7. The van der Waals surface area contributed by atoms with E-state index in [2.05, 4.69) is 67.4 Å². The van der Waals surface area contributed by atoms with Crippen LogP contribution in [0.5, 0.6) is 0 Å². The molecule has 1 unspecified atom stereocenters. The average Bonchev–Trinajstić information content (AvgIpc) is 3.34. The van der Waals surface area contributed by atoms with Crippen LogP contribution in [-0.4, -0.2) is 31.9 Å². The van der Waals surface area contributed by atoms with Gasteiger partial charge in [0.25, 0.3) is 5.91 Å². The van der Waals surface area contributed by atoms with Gasteiger partial charge in [0.2, 0.25) is 0 Å². The Bertz CT molecular complexity index is 1510. The number of hydrogen-bond donors (Lipinski definition) is 3. The highest BCUT2D eigenvalue weighted by Crippen LogP contribution is 2.36. The van der Waals surface area contributed by atoms with Crippen molar-refractivity contribution in [2.75, 3.05) is 6.61 Å². The molecule has 10 heteroatoms. The molecule has 0 fully saturated rings. The van der Waals surface area contributed by atoms with Gasteiger partial charge in [0.05, 0.1) is 31.9 Å². The molecule has 1 amide bonds. The summed E-state index contributed by atoms with van der Waals surface area (Å²) in [5.74, 6) is -0.351. The average molecular weight is 586 g/mol. The summed E-state index contributed by atoms with van der Waals surface area (Å²) in [6, 6.07) is 10.8. The van der Waals surface area contributed by atoms with E-state index in [1.807, 2.05) is 0 Å². The first-order valence-electron chi connectivity index (χ1n) is 13.5. The Balaban J connectivity index is 1.75. The first kappa shape index (κ1) is 30.5. The van der Waals surface area contributed by atoms with E-state index in [0.717, 1.165) is 52.2 Å². The molecular formula is C30H39N3O5S2. The zero-order valence-corrected chi connectivity index (χ0v) is 25.6. The van der Waals surface area contributed by atoms with Crippen LogP contribution in [0.1, 0.15) is 91.9 Å². The Hall–Kier alpha value is -2.47. The van der Waals surface area contributed by atoms with Crippen LogP contribution in [0.4, 0.5) is 0 Å². The van der Waals surface area contributed by atoms with Crippen molar-refractivity contribution in [3.8, 4) is 11.1 Å². The van der Waals surface area contributed by atoms with Crippen molar-refractivity contribution in [1.82, 2.24) is 4.98 Å². The molecule has 40 heavy (non-hydrogen) atoms. The molecule has 2 heterocycles. The number of benzene rings is 2. The number of carbonyl (C=O) groups excluding carboxylic acids is 1. The highest BCUT2D eigenvalue weighted by Gasteiger charge is 2.28. The number of fused-ring (bicyclic) bond motifs is 1. The van der Waals surface area contributed by atoms with Crippen LogP contribution in [0, 0.1) is 0 Å². The number of aromatic nitrogens is 1. The van der Waals surface area contributed by atoms with Crippen LogP contribution in [-0.2, 0) is 51.1 Å². The number of aliphatic hydroxyl groups is 2. The molecule has 4 N–H and O–H groups in total. The minimum atomic E-state index is -3.69. The molecule has 216 valence electrons. The molecule has 1 aliphatic rings. The van der Waals surface area contributed by atoms with Crippen molar-refractivity contribution < 1.29 is 24.0 Å². The van der Waals surface area contributed by atoms with Crippen LogP contribution < -0.4 is 5.14 Å². The van der Waals surface area contributed by atoms with E-state index in [1.165, 1.54) is 25.0 Å². The molecule has 0 saturated carbocycles. The van der Waals surface area contributed by atoms with Gasteiger partial charge in [0.1, 0.15) is 14.8 Å². The fourth-order valence-corrected chi connectivity index (χ4v) is 7.50. The van der Waals surface area contributed by atoms with E-state index < -0.39 is 28.0 Å². The number of amides is 1. The van der Waals surface area contributed by atoms with Gasteiger partial charge in [-0.2, -0.15) is 0 Å². The summed E-state index contributed by atoms with van der Waals surface area (Å²) < 4.78 is 23.0. The number of nitrogens with two attached hydrogens (primary N) is 1. The number of hydrogen-bond acceptors (Lipinski definition) is 7. The summed E-state index contributed by atoms with van der Waals surface area (Å²) in [6.07, 6.45) is 0.835.